The van der Waals surface area contributed by atoms with E-state index in [0.29, 0.717) is 4.47 Å². The van der Waals surface area contributed by atoms with Crippen LogP contribution in [0.3, 0.4) is 0 Å². The van der Waals surface area contributed by atoms with Crippen molar-refractivity contribution in [3.8, 4) is 0 Å². The molecule has 1 unspecified atom stereocenters. The second kappa shape index (κ2) is 9.28. The van der Waals surface area contributed by atoms with E-state index in [1.54, 1.807) is 12.1 Å². The number of carbonyl (C=O) groups excluding carboxylic acids is 1. The maximum Gasteiger partial charge on any atom is 0.224 e. The number of aromatic nitrogens is 1. The van der Waals surface area contributed by atoms with E-state index < -0.39 is 0 Å². The number of nitrogens with zero attached hydrogens (tertiary/aromatic N) is 3. The summed E-state index contributed by atoms with van der Waals surface area (Å²) in [5.41, 5.74) is 0.789. The summed E-state index contributed by atoms with van der Waals surface area (Å²) in [6.07, 6.45) is 2.07. The minimum Gasteiger partial charge on any atom is -0.354 e. The van der Waals surface area contributed by atoms with Gasteiger partial charge in [0.25, 0.3) is 0 Å². The standard InChI is InChI=1S/C20H24BrFN4O/c1-15(24-20(27)13-16-5-6-18(22)17(21)12-16)14-25-8-10-26(11-9-25)19-4-2-3-7-23-19/h2-7,12,15H,8-11,13-14H2,1H3,(H,24,27). The van der Waals surface area contributed by atoms with Crippen LogP contribution < -0.4 is 10.2 Å². The fourth-order valence-electron chi connectivity index (χ4n) is 3.29. The molecule has 2 aromatic rings. The van der Waals surface area contributed by atoms with E-state index >= 15 is 0 Å². The SMILES string of the molecule is CC(CN1CCN(c2ccccn2)CC1)NC(=O)Cc1ccc(F)c(Br)c1. The molecule has 0 spiro atoms. The largest absolute Gasteiger partial charge is 0.354 e. The summed E-state index contributed by atoms with van der Waals surface area (Å²) in [6, 6.07) is 10.7. The second-order valence-corrected chi connectivity index (χ2v) is 7.72. The van der Waals surface area contributed by atoms with Gasteiger partial charge in [0.2, 0.25) is 5.91 Å². The van der Waals surface area contributed by atoms with Gasteiger partial charge in [-0.15, -0.1) is 0 Å². The molecule has 1 aromatic heterocycles. The van der Waals surface area contributed by atoms with Crippen LogP contribution in [0, 0.1) is 5.82 Å². The topological polar surface area (TPSA) is 48.5 Å². The second-order valence-electron chi connectivity index (χ2n) is 6.87. The third-order valence-electron chi connectivity index (χ3n) is 4.63. The molecule has 0 saturated carbocycles. The monoisotopic (exact) mass is 434 g/mol. The van der Waals surface area contributed by atoms with Crippen LogP contribution in [0.5, 0.6) is 0 Å². The van der Waals surface area contributed by atoms with Crippen molar-refractivity contribution < 1.29 is 9.18 Å². The molecule has 7 heteroatoms. The molecule has 0 bridgehead atoms. The molecular weight excluding hydrogens is 411 g/mol. The Hall–Kier alpha value is -1.99. The van der Waals surface area contributed by atoms with Gasteiger partial charge in [0.1, 0.15) is 11.6 Å². The normalized spacial score (nSPS) is 16.2. The number of anilines is 1. The average Bonchev–Trinajstić information content (AvgIpc) is 2.66. The first-order chi connectivity index (χ1) is 13.0. The Morgan fingerprint density at radius 2 is 2.04 bits per heavy atom. The molecule has 3 rings (SSSR count). The summed E-state index contributed by atoms with van der Waals surface area (Å²) >= 11 is 3.15. The van der Waals surface area contributed by atoms with Crippen molar-refractivity contribution in [3.63, 3.8) is 0 Å². The molecule has 1 fully saturated rings. The zero-order chi connectivity index (χ0) is 19.2. The van der Waals surface area contributed by atoms with Crippen molar-refractivity contribution in [2.75, 3.05) is 37.6 Å². The van der Waals surface area contributed by atoms with Gasteiger partial charge in [-0.3, -0.25) is 9.69 Å². The lowest BCUT2D eigenvalue weighted by Gasteiger charge is -2.36. The number of carbonyl (C=O) groups is 1. The van der Waals surface area contributed by atoms with Crippen LogP contribution in [0.1, 0.15) is 12.5 Å². The van der Waals surface area contributed by atoms with E-state index in [1.165, 1.54) is 6.07 Å². The van der Waals surface area contributed by atoms with Gasteiger partial charge in [0.05, 0.1) is 10.9 Å². The first kappa shape index (κ1) is 19.8. The highest BCUT2D eigenvalue weighted by molar-refractivity contribution is 9.10. The number of amides is 1. The molecule has 1 amide bonds. The molecule has 27 heavy (non-hydrogen) atoms. The lowest BCUT2D eigenvalue weighted by atomic mass is 10.1. The van der Waals surface area contributed by atoms with Gasteiger partial charge in [-0.1, -0.05) is 12.1 Å². The zero-order valence-electron chi connectivity index (χ0n) is 15.4. The van der Waals surface area contributed by atoms with Crippen LogP contribution >= 0.6 is 15.9 Å². The lowest BCUT2D eigenvalue weighted by Crippen LogP contribution is -2.51. The van der Waals surface area contributed by atoms with E-state index in [9.17, 15) is 9.18 Å². The third kappa shape index (κ3) is 5.74. The Balaban J connectivity index is 1.42. The molecule has 1 aliphatic heterocycles. The van der Waals surface area contributed by atoms with Crippen molar-refractivity contribution in [1.82, 2.24) is 15.2 Å². The zero-order valence-corrected chi connectivity index (χ0v) is 17.0. The minimum atomic E-state index is -0.322. The van der Waals surface area contributed by atoms with Gasteiger partial charge in [0.15, 0.2) is 0 Å². The smallest absolute Gasteiger partial charge is 0.224 e. The molecule has 0 radical (unpaired) electrons. The Kier molecular flexibility index (Phi) is 6.79. The Morgan fingerprint density at radius 3 is 2.70 bits per heavy atom. The maximum absolute atomic E-state index is 13.3. The van der Waals surface area contributed by atoms with Gasteiger partial charge < -0.3 is 10.2 Å². The van der Waals surface area contributed by atoms with Gasteiger partial charge in [-0.05, 0) is 52.7 Å². The van der Waals surface area contributed by atoms with Crippen molar-refractivity contribution in [2.24, 2.45) is 0 Å². The number of halogens is 2. The molecule has 144 valence electrons. The number of rotatable bonds is 6. The summed E-state index contributed by atoms with van der Waals surface area (Å²) in [5.74, 6) is 0.648. The molecule has 1 atom stereocenters. The van der Waals surface area contributed by atoms with Crippen LogP contribution in [-0.2, 0) is 11.2 Å². The molecular formula is C20H24BrFN4O. The van der Waals surface area contributed by atoms with E-state index in [0.717, 1.165) is 44.1 Å². The van der Waals surface area contributed by atoms with Gasteiger partial charge >= 0.3 is 0 Å². The average molecular weight is 435 g/mol. The van der Waals surface area contributed by atoms with Gasteiger partial charge in [-0.2, -0.15) is 0 Å². The summed E-state index contributed by atoms with van der Waals surface area (Å²) < 4.78 is 13.7. The summed E-state index contributed by atoms with van der Waals surface area (Å²) in [5, 5.41) is 3.04. The lowest BCUT2D eigenvalue weighted by molar-refractivity contribution is -0.121. The van der Waals surface area contributed by atoms with Crippen LogP contribution in [0.15, 0.2) is 47.1 Å². The van der Waals surface area contributed by atoms with Gasteiger partial charge in [-0.25, -0.2) is 9.37 Å². The van der Waals surface area contributed by atoms with Crippen LogP contribution in [0.2, 0.25) is 0 Å². The molecule has 1 aliphatic rings. The Bertz CT molecular complexity index is 766. The predicted octanol–water partition coefficient (Wildman–Crippen LogP) is 2.85. The van der Waals surface area contributed by atoms with Gasteiger partial charge in [0, 0.05) is 45.0 Å². The fourth-order valence-corrected chi connectivity index (χ4v) is 3.72. The number of piperazine rings is 1. The molecule has 1 aromatic carbocycles. The van der Waals surface area contributed by atoms with Crippen molar-refractivity contribution >= 4 is 27.7 Å². The molecule has 2 heterocycles. The van der Waals surface area contributed by atoms with Crippen molar-refractivity contribution in [1.29, 1.82) is 0 Å². The fraction of sp³-hybridized carbons (Fsp3) is 0.400. The summed E-state index contributed by atoms with van der Waals surface area (Å²) in [7, 11) is 0. The number of nitrogens with one attached hydrogen (secondary N) is 1. The quantitative estimate of drug-likeness (QED) is 0.759. The van der Waals surface area contributed by atoms with E-state index in [4.69, 9.17) is 0 Å². The predicted molar refractivity (Wildman–Crippen MR) is 108 cm³/mol. The first-order valence-corrected chi connectivity index (χ1v) is 9.92. The third-order valence-corrected chi connectivity index (χ3v) is 5.24. The minimum absolute atomic E-state index is 0.0480. The first-order valence-electron chi connectivity index (χ1n) is 9.13. The van der Waals surface area contributed by atoms with Crippen molar-refractivity contribution in [2.45, 2.75) is 19.4 Å². The Morgan fingerprint density at radius 1 is 1.26 bits per heavy atom. The number of hydrogen-bond donors (Lipinski definition) is 1. The molecule has 5 nitrogen and oxygen atoms in total. The molecule has 1 N–H and O–H groups in total. The van der Waals surface area contributed by atoms with E-state index in [2.05, 4.69) is 36.0 Å². The van der Waals surface area contributed by atoms with Crippen LogP contribution in [0.4, 0.5) is 10.2 Å². The van der Waals surface area contributed by atoms with Crippen LogP contribution in [-0.4, -0.2) is 54.6 Å². The molecule has 1 saturated heterocycles. The van der Waals surface area contributed by atoms with Crippen LogP contribution in [0.25, 0.3) is 0 Å². The highest BCUT2D eigenvalue weighted by atomic mass is 79.9. The highest BCUT2D eigenvalue weighted by Crippen LogP contribution is 2.17. The number of pyridine rings is 1. The van der Waals surface area contributed by atoms with E-state index in [-0.39, 0.29) is 24.2 Å². The number of benzene rings is 1. The highest BCUT2D eigenvalue weighted by Gasteiger charge is 2.20. The van der Waals surface area contributed by atoms with Crippen molar-refractivity contribution in [3.05, 3.63) is 58.4 Å². The number of hydrogen-bond acceptors (Lipinski definition) is 4. The summed E-state index contributed by atoms with van der Waals surface area (Å²) in [6.45, 7) is 6.59. The summed E-state index contributed by atoms with van der Waals surface area (Å²) in [4.78, 5) is 21.3. The molecule has 0 aliphatic carbocycles. The van der Waals surface area contributed by atoms with E-state index in [1.807, 2.05) is 31.3 Å². The maximum atomic E-state index is 13.3. The Labute approximate surface area is 167 Å².